The summed E-state index contributed by atoms with van der Waals surface area (Å²) < 4.78 is 14.0. The van der Waals surface area contributed by atoms with Crippen LogP contribution in [0.15, 0.2) is 24.3 Å². The quantitative estimate of drug-likeness (QED) is 0.248. The molecule has 6 heteroatoms. The highest BCUT2D eigenvalue weighted by Crippen LogP contribution is 2.50. The van der Waals surface area contributed by atoms with Crippen molar-refractivity contribution < 1.29 is 14.3 Å². The number of aliphatic hydroxyl groups excluding tert-OH is 1. The summed E-state index contributed by atoms with van der Waals surface area (Å²) in [5.74, 6) is 1.01. The molecule has 36 heavy (non-hydrogen) atoms. The monoisotopic (exact) mass is 623 g/mol. The van der Waals surface area contributed by atoms with Crippen LogP contribution >= 0.6 is 22.6 Å². The number of ether oxygens (including phenoxy) is 1. The zero-order chi connectivity index (χ0) is 27.2. The maximum absolute atomic E-state index is 11.7. The van der Waals surface area contributed by atoms with E-state index in [-0.39, 0.29) is 28.6 Å². The van der Waals surface area contributed by atoms with Crippen molar-refractivity contribution >= 4 is 30.9 Å². The van der Waals surface area contributed by atoms with Gasteiger partial charge in [0.25, 0.3) is 0 Å². The molecule has 2 aromatic rings. The van der Waals surface area contributed by atoms with Gasteiger partial charge < -0.3 is 14.3 Å². The summed E-state index contributed by atoms with van der Waals surface area (Å²) in [6.07, 6.45) is 1.22. The van der Waals surface area contributed by atoms with Gasteiger partial charge in [-0.1, -0.05) is 60.6 Å². The third kappa shape index (κ3) is 6.36. The second kappa shape index (κ2) is 10.7. The van der Waals surface area contributed by atoms with Gasteiger partial charge in [0.2, 0.25) is 0 Å². The summed E-state index contributed by atoms with van der Waals surface area (Å²) in [6, 6.07) is 7.82. The van der Waals surface area contributed by atoms with E-state index < -0.39 is 14.4 Å². The fourth-order valence-corrected chi connectivity index (χ4v) is 7.24. The summed E-state index contributed by atoms with van der Waals surface area (Å²) in [5.41, 5.74) is 5.20. The second-order valence-electron chi connectivity index (χ2n) is 13.3. The molecule has 1 aliphatic carbocycles. The highest BCUT2D eigenvalue weighted by atomic mass is 127. The first-order chi connectivity index (χ1) is 16.4. The van der Waals surface area contributed by atoms with Crippen LogP contribution in [0.25, 0.3) is 0 Å². The Kier molecular flexibility index (Phi) is 8.76. The molecule has 4 nitrogen and oxygen atoms in total. The fraction of sp³-hybridized carbons (Fsp3) is 0.633. The molecule has 1 N–H and O–H groups in total. The van der Waals surface area contributed by atoms with E-state index in [0.29, 0.717) is 0 Å². The summed E-state index contributed by atoms with van der Waals surface area (Å²) in [5, 5.41) is 11.8. The molecule has 0 fully saturated rings. The number of hydrogen-bond donors (Lipinski definition) is 1. The van der Waals surface area contributed by atoms with Crippen LogP contribution in [0.3, 0.4) is 0 Å². The van der Waals surface area contributed by atoms with Gasteiger partial charge in [-0.3, -0.25) is 4.98 Å². The maximum Gasteiger partial charge on any atom is 0.192 e. The third-order valence-corrected chi connectivity index (χ3v) is 13.3. The molecule has 0 radical (unpaired) electrons. The number of rotatable bonds is 7. The Morgan fingerprint density at radius 1 is 1.08 bits per heavy atom. The van der Waals surface area contributed by atoms with Crippen molar-refractivity contribution in [1.82, 2.24) is 4.98 Å². The molecule has 2 atom stereocenters. The largest absolute Gasteiger partial charge is 0.491 e. The average Bonchev–Trinajstić information content (AvgIpc) is 2.70. The van der Waals surface area contributed by atoms with E-state index in [2.05, 4.69) is 84.2 Å². The van der Waals surface area contributed by atoms with E-state index in [1.54, 1.807) is 0 Å². The van der Waals surface area contributed by atoms with E-state index in [1.165, 1.54) is 5.56 Å². The fourth-order valence-electron chi connectivity index (χ4n) is 4.74. The molecule has 1 aliphatic rings. The smallest absolute Gasteiger partial charge is 0.192 e. The van der Waals surface area contributed by atoms with Crippen LogP contribution in [-0.2, 0) is 10.8 Å². The summed E-state index contributed by atoms with van der Waals surface area (Å²) in [4.78, 5) is 5.26. The van der Waals surface area contributed by atoms with Gasteiger partial charge >= 0.3 is 0 Å². The topological polar surface area (TPSA) is 51.6 Å². The van der Waals surface area contributed by atoms with Crippen molar-refractivity contribution in [2.24, 2.45) is 5.41 Å². The van der Waals surface area contributed by atoms with Crippen molar-refractivity contribution in [3.8, 4) is 5.75 Å². The van der Waals surface area contributed by atoms with Crippen LogP contribution in [0, 0.1) is 8.99 Å². The standard InChI is InChI=1S/C30H46INO3Si/c1-18(2)27-25(28(33)20-12-14-21(15-13-20)34-19(3)4)26(31)24-22(32-27)16-30(8,9)17-23(24)35-36(10,11)29(5,6)7/h12-15,18-19,23,28,33H,16-17H2,1-11H3/t23-,28+/m0/s1. The first kappa shape index (κ1) is 29.6. The molecular weight excluding hydrogens is 577 g/mol. The lowest BCUT2D eigenvalue weighted by molar-refractivity contribution is 0.104. The number of benzene rings is 1. The van der Waals surface area contributed by atoms with Gasteiger partial charge in [-0.2, -0.15) is 0 Å². The summed E-state index contributed by atoms with van der Waals surface area (Å²) >= 11 is 2.46. The van der Waals surface area contributed by atoms with E-state index in [4.69, 9.17) is 14.1 Å². The Bertz CT molecular complexity index is 1070. The van der Waals surface area contributed by atoms with Crippen molar-refractivity contribution in [1.29, 1.82) is 0 Å². The van der Waals surface area contributed by atoms with E-state index >= 15 is 0 Å². The first-order valence-electron chi connectivity index (χ1n) is 13.3. The maximum atomic E-state index is 11.7. The molecule has 0 unspecified atom stereocenters. The first-order valence-corrected chi connectivity index (χ1v) is 17.3. The van der Waals surface area contributed by atoms with Crippen LogP contribution in [0.5, 0.6) is 5.75 Å². The number of nitrogens with zero attached hydrogens (tertiary/aromatic N) is 1. The molecule has 1 aromatic heterocycles. The molecule has 3 rings (SSSR count). The van der Waals surface area contributed by atoms with Gasteiger partial charge in [0, 0.05) is 20.4 Å². The lowest BCUT2D eigenvalue weighted by Gasteiger charge is -2.44. The highest BCUT2D eigenvalue weighted by molar-refractivity contribution is 14.1. The average molecular weight is 624 g/mol. The molecule has 0 bridgehead atoms. The Hall–Kier alpha value is -0.963. The molecule has 0 spiro atoms. The second-order valence-corrected chi connectivity index (χ2v) is 19.1. The van der Waals surface area contributed by atoms with Crippen molar-refractivity contribution in [3.63, 3.8) is 0 Å². The molecule has 1 aromatic carbocycles. The van der Waals surface area contributed by atoms with E-state index in [0.717, 1.165) is 44.7 Å². The Morgan fingerprint density at radius 3 is 2.17 bits per heavy atom. The van der Waals surface area contributed by atoms with Gasteiger partial charge in [-0.25, -0.2) is 0 Å². The summed E-state index contributed by atoms with van der Waals surface area (Å²) in [7, 11) is -2.02. The predicted molar refractivity (Wildman–Crippen MR) is 160 cm³/mol. The van der Waals surface area contributed by atoms with Gasteiger partial charge in [-0.05, 0) is 96.4 Å². The molecule has 0 saturated carbocycles. The lowest BCUT2D eigenvalue weighted by atomic mass is 9.74. The van der Waals surface area contributed by atoms with Crippen LogP contribution in [0.2, 0.25) is 18.1 Å². The Morgan fingerprint density at radius 2 is 1.67 bits per heavy atom. The number of halogens is 1. The Labute approximate surface area is 233 Å². The minimum atomic E-state index is -2.02. The van der Waals surface area contributed by atoms with Crippen LogP contribution in [-0.4, -0.2) is 24.5 Å². The molecule has 200 valence electrons. The lowest BCUT2D eigenvalue weighted by Crippen LogP contribution is -2.44. The van der Waals surface area contributed by atoms with E-state index in [9.17, 15) is 5.11 Å². The minimum Gasteiger partial charge on any atom is -0.491 e. The highest BCUT2D eigenvalue weighted by Gasteiger charge is 2.44. The predicted octanol–water partition coefficient (Wildman–Crippen LogP) is 8.71. The summed E-state index contributed by atoms with van der Waals surface area (Å²) in [6.45, 7) is 24.5. The molecule has 0 saturated heterocycles. The van der Waals surface area contributed by atoms with Crippen molar-refractivity contribution in [2.45, 2.75) is 118 Å². The number of fused-ring (bicyclic) bond motifs is 1. The molecule has 0 amide bonds. The number of aliphatic hydroxyl groups is 1. The van der Waals surface area contributed by atoms with Crippen LogP contribution in [0.1, 0.15) is 115 Å². The van der Waals surface area contributed by atoms with E-state index in [1.807, 2.05) is 38.1 Å². The minimum absolute atomic E-state index is 0.0157. The van der Waals surface area contributed by atoms with Gasteiger partial charge in [-0.15, -0.1) is 0 Å². The number of pyridine rings is 1. The zero-order valence-electron chi connectivity index (χ0n) is 24.1. The normalized spacial score (nSPS) is 18.9. The van der Waals surface area contributed by atoms with Crippen LogP contribution in [0.4, 0.5) is 0 Å². The van der Waals surface area contributed by atoms with Crippen molar-refractivity contribution in [2.75, 3.05) is 0 Å². The van der Waals surface area contributed by atoms with Gasteiger partial charge in [0.15, 0.2) is 8.32 Å². The molecular formula is C30H46INO3Si. The van der Waals surface area contributed by atoms with Crippen LogP contribution < -0.4 is 4.74 Å². The zero-order valence-corrected chi connectivity index (χ0v) is 27.3. The van der Waals surface area contributed by atoms with Crippen molar-refractivity contribution in [3.05, 3.63) is 55.9 Å². The molecule has 1 heterocycles. The van der Waals surface area contributed by atoms with Gasteiger partial charge in [0.05, 0.1) is 17.9 Å². The number of hydrogen-bond acceptors (Lipinski definition) is 4. The molecule has 0 aliphatic heterocycles. The SMILES string of the molecule is CC(C)Oc1ccc([C@@H](O)c2c(C(C)C)nc3c(c2I)[C@@H](O[Si](C)(C)C(C)(C)C)CC(C)(C)C3)cc1. The third-order valence-electron chi connectivity index (χ3n) is 7.65. The Balaban J connectivity index is 2.14. The van der Waals surface area contributed by atoms with Gasteiger partial charge in [0.1, 0.15) is 11.9 Å². The number of aromatic nitrogens is 1.